The van der Waals surface area contributed by atoms with Gasteiger partial charge in [-0.15, -0.1) is 0 Å². The minimum Gasteiger partial charge on any atom is -0.329 e. The van der Waals surface area contributed by atoms with E-state index < -0.39 is 9.84 Å². The molecule has 0 fully saturated rings. The first-order valence-electron chi connectivity index (χ1n) is 9.71. The van der Waals surface area contributed by atoms with Gasteiger partial charge in [-0.2, -0.15) is 0 Å². The van der Waals surface area contributed by atoms with Crippen LogP contribution < -0.4 is 10.2 Å². The maximum absolute atomic E-state index is 12.0. The lowest BCUT2D eigenvalue weighted by Crippen LogP contribution is -2.42. The van der Waals surface area contributed by atoms with Gasteiger partial charge < -0.3 is 14.8 Å². The van der Waals surface area contributed by atoms with Crippen molar-refractivity contribution in [3.8, 4) is 0 Å². The number of rotatable bonds is 5. The third-order valence-corrected chi connectivity index (χ3v) is 6.52. The molecule has 0 saturated heterocycles. The molecule has 3 heterocycles. The number of aromatic nitrogens is 4. The van der Waals surface area contributed by atoms with E-state index in [1.165, 1.54) is 6.26 Å². The zero-order valence-corrected chi connectivity index (χ0v) is 18.1. The quantitative estimate of drug-likeness (QED) is 0.621. The van der Waals surface area contributed by atoms with Crippen LogP contribution in [0, 0.1) is 12.8 Å². The maximum Gasteiger partial charge on any atom is 0.226 e. The predicted molar refractivity (Wildman–Crippen MR) is 114 cm³/mol. The van der Waals surface area contributed by atoms with Gasteiger partial charge in [0.25, 0.3) is 0 Å². The second-order valence-corrected chi connectivity index (χ2v) is 9.87. The Kier molecular flexibility index (Phi) is 4.97. The van der Waals surface area contributed by atoms with Crippen LogP contribution in [0.5, 0.6) is 0 Å². The first-order valence-corrected chi connectivity index (χ1v) is 11.6. The fraction of sp³-hybridized carbons (Fsp3) is 0.400. The van der Waals surface area contributed by atoms with Crippen LogP contribution in [0.3, 0.4) is 0 Å². The summed E-state index contributed by atoms with van der Waals surface area (Å²) in [6.45, 7) is 7.35. The summed E-state index contributed by atoms with van der Waals surface area (Å²) in [5.74, 6) is 1.66. The summed E-state index contributed by atoms with van der Waals surface area (Å²) in [4.78, 5) is 27.1. The summed E-state index contributed by atoms with van der Waals surface area (Å²) < 4.78 is 26.1. The van der Waals surface area contributed by atoms with Crippen LogP contribution in [0.15, 0.2) is 29.3 Å². The molecule has 0 bridgehead atoms. The lowest BCUT2D eigenvalue weighted by Gasteiger charge is -2.38. The molecule has 9 nitrogen and oxygen atoms in total. The van der Waals surface area contributed by atoms with Crippen LogP contribution in [-0.2, 0) is 21.2 Å². The Balaban J connectivity index is 1.81. The molecule has 1 amide bonds. The standard InChI is InChI=1S/C20H24N6O3S/c1-12(2)18-19-24-15-6-5-14(30(4,28)29)9-17(15)25(19)7-8-26(18)20-21-10-16(22-11-27)13(3)23-20/h5-6,9-12,18H,7-8H2,1-4H3,(H,22,27). The van der Waals surface area contributed by atoms with Gasteiger partial charge in [-0.3, -0.25) is 4.79 Å². The number of hydrogen-bond donors (Lipinski definition) is 1. The number of carbonyl (C=O) groups excluding carboxylic acids is 1. The molecule has 1 N–H and O–H groups in total. The molecule has 4 rings (SSSR count). The van der Waals surface area contributed by atoms with E-state index in [-0.39, 0.29) is 12.0 Å². The molecule has 1 aliphatic rings. The Morgan fingerprint density at radius 3 is 2.63 bits per heavy atom. The molecule has 10 heteroatoms. The van der Waals surface area contributed by atoms with Crippen molar-refractivity contribution >= 4 is 38.9 Å². The van der Waals surface area contributed by atoms with E-state index in [0.29, 0.717) is 41.7 Å². The number of imidazole rings is 1. The van der Waals surface area contributed by atoms with Crippen LogP contribution >= 0.6 is 0 Å². The second-order valence-electron chi connectivity index (χ2n) is 7.86. The smallest absolute Gasteiger partial charge is 0.226 e. The van der Waals surface area contributed by atoms with Gasteiger partial charge in [0.15, 0.2) is 9.84 Å². The monoisotopic (exact) mass is 428 g/mol. The lowest BCUT2D eigenvalue weighted by atomic mass is 10.00. The Labute approximate surface area is 175 Å². The fourth-order valence-corrected chi connectivity index (χ4v) is 4.62. The van der Waals surface area contributed by atoms with Crippen LogP contribution in [0.2, 0.25) is 0 Å². The highest BCUT2D eigenvalue weighted by molar-refractivity contribution is 7.90. The highest BCUT2D eigenvalue weighted by atomic mass is 32.2. The molecule has 1 atom stereocenters. The van der Waals surface area contributed by atoms with Gasteiger partial charge in [0.1, 0.15) is 5.82 Å². The van der Waals surface area contributed by atoms with Gasteiger partial charge in [-0.05, 0) is 31.0 Å². The fourth-order valence-electron chi connectivity index (χ4n) is 3.98. The number of amides is 1. The summed E-state index contributed by atoms with van der Waals surface area (Å²) in [5.41, 5.74) is 2.85. The minimum absolute atomic E-state index is 0.0721. The van der Waals surface area contributed by atoms with Crippen molar-refractivity contribution in [2.75, 3.05) is 23.0 Å². The number of anilines is 2. The summed E-state index contributed by atoms with van der Waals surface area (Å²) >= 11 is 0. The molecule has 0 saturated carbocycles. The van der Waals surface area contributed by atoms with Gasteiger partial charge in [0.2, 0.25) is 12.4 Å². The molecule has 1 unspecified atom stereocenters. The average molecular weight is 429 g/mol. The van der Waals surface area contributed by atoms with Crippen LogP contribution in [0.25, 0.3) is 11.0 Å². The molecule has 1 aliphatic heterocycles. The summed E-state index contributed by atoms with van der Waals surface area (Å²) in [5, 5.41) is 2.60. The normalized spacial score (nSPS) is 16.7. The Morgan fingerprint density at radius 2 is 2.00 bits per heavy atom. The Bertz CT molecular complexity index is 1230. The van der Waals surface area contributed by atoms with Crippen molar-refractivity contribution in [1.82, 2.24) is 19.5 Å². The maximum atomic E-state index is 12.0. The van der Waals surface area contributed by atoms with Crippen molar-refractivity contribution in [2.24, 2.45) is 5.92 Å². The summed E-state index contributed by atoms with van der Waals surface area (Å²) in [6.07, 6.45) is 3.43. The number of carbonyl (C=O) groups is 1. The molecular formula is C20H24N6O3S. The zero-order chi connectivity index (χ0) is 21.6. The summed E-state index contributed by atoms with van der Waals surface area (Å²) in [7, 11) is -3.30. The summed E-state index contributed by atoms with van der Waals surface area (Å²) in [6, 6.07) is 5.00. The van der Waals surface area contributed by atoms with Crippen molar-refractivity contribution in [2.45, 2.75) is 38.3 Å². The van der Waals surface area contributed by atoms with Crippen LogP contribution in [0.4, 0.5) is 11.6 Å². The number of fused-ring (bicyclic) bond motifs is 3. The van der Waals surface area contributed by atoms with E-state index in [1.807, 2.05) is 6.92 Å². The number of nitrogens with zero attached hydrogens (tertiary/aromatic N) is 5. The first-order chi connectivity index (χ1) is 14.2. The molecule has 3 aromatic rings. The van der Waals surface area contributed by atoms with Crippen LogP contribution in [-0.4, -0.2) is 47.1 Å². The average Bonchev–Trinajstić information content (AvgIpc) is 3.05. The van der Waals surface area contributed by atoms with Crippen molar-refractivity contribution in [3.05, 3.63) is 35.9 Å². The first kappa shape index (κ1) is 20.3. The van der Waals surface area contributed by atoms with Gasteiger partial charge in [-0.25, -0.2) is 23.4 Å². The van der Waals surface area contributed by atoms with Crippen LogP contribution in [0.1, 0.15) is 31.4 Å². The van der Waals surface area contributed by atoms with E-state index in [9.17, 15) is 13.2 Å². The number of benzene rings is 1. The third kappa shape index (κ3) is 3.41. The molecule has 30 heavy (non-hydrogen) atoms. The molecule has 0 aliphatic carbocycles. The van der Waals surface area contributed by atoms with Crippen molar-refractivity contribution in [3.63, 3.8) is 0 Å². The molecule has 1 aromatic carbocycles. The lowest BCUT2D eigenvalue weighted by molar-refractivity contribution is -0.105. The third-order valence-electron chi connectivity index (χ3n) is 5.41. The second kappa shape index (κ2) is 7.35. The molecule has 2 aromatic heterocycles. The molecular weight excluding hydrogens is 404 g/mol. The van der Waals surface area contributed by atoms with Gasteiger partial charge in [0.05, 0.1) is 39.5 Å². The van der Waals surface area contributed by atoms with Gasteiger partial charge >= 0.3 is 0 Å². The minimum atomic E-state index is -3.30. The predicted octanol–water partition coefficient (Wildman–Crippen LogP) is 2.32. The number of hydrogen-bond acceptors (Lipinski definition) is 7. The van der Waals surface area contributed by atoms with Gasteiger partial charge in [-0.1, -0.05) is 13.8 Å². The van der Waals surface area contributed by atoms with Gasteiger partial charge in [0, 0.05) is 19.3 Å². The highest BCUT2D eigenvalue weighted by Crippen LogP contribution is 2.36. The molecule has 0 radical (unpaired) electrons. The van der Waals surface area contributed by atoms with E-state index in [2.05, 4.69) is 38.6 Å². The number of nitrogens with one attached hydrogen (secondary N) is 1. The number of aryl methyl sites for hydroxylation is 1. The van der Waals surface area contributed by atoms with E-state index in [4.69, 9.17) is 4.98 Å². The van der Waals surface area contributed by atoms with E-state index in [1.54, 1.807) is 24.4 Å². The van der Waals surface area contributed by atoms with Crippen molar-refractivity contribution in [1.29, 1.82) is 0 Å². The SMILES string of the molecule is Cc1nc(N2CCn3c(nc4ccc(S(C)(=O)=O)cc43)C2C(C)C)ncc1NC=O. The van der Waals surface area contributed by atoms with E-state index >= 15 is 0 Å². The van der Waals surface area contributed by atoms with E-state index in [0.717, 1.165) is 16.9 Å². The zero-order valence-electron chi connectivity index (χ0n) is 17.3. The topological polar surface area (TPSA) is 110 Å². The largest absolute Gasteiger partial charge is 0.329 e. The molecule has 158 valence electrons. The Morgan fingerprint density at radius 1 is 1.23 bits per heavy atom. The number of sulfone groups is 1. The highest BCUT2D eigenvalue weighted by Gasteiger charge is 2.34. The molecule has 0 spiro atoms. The Hall–Kier alpha value is -3.01. The van der Waals surface area contributed by atoms with Crippen molar-refractivity contribution < 1.29 is 13.2 Å².